The second-order valence-electron chi connectivity index (χ2n) is 6.82. The van der Waals surface area contributed by atoms with Crippen molar-refractivity contribution >= 4 is 5.96 Å². The van der Waals surface area contributed by atoms with E-state index in [1.54, 1.807) is 17.8 Å². The highest BCUT2D eigenvalue weighted by Gasteiger charge is 2.24. The first-order chi connectivity index (χ1) is 11.8. The molecule has 7 nitrogen and oxygen atoms in total. The molecule has 0 fully saturated rings. The van der Waals surface area contributed by atoms with Gasteiger partial charge in [0.1, 0.15) is 5.60 Å². The van der Waals surface area contributed by atoms with Gasteiger partial charge in [-0.3, -0.25) is 4.68 Å². The Balaban J connectivity index is 2.61. The van der Waals surface area contributed by atoms with Gasteiger partial charge in [0.15, 0.2) is 5.96 Å². The zero-order valence-electron chi connectivity index (χ0n) is 16.5. The Morgan fingerprint density at radius 2 is 2.12 bits per heavy atom. The molecule has 0 bridgehead atoms. The van der Waals surface area contributed by atoms with Crippen LogP contribution >= 0.6 is 0 Å². The van der Waals surface area contributed by atoms with E-state index < -0.39 is 5.60 Å². The van der Waals surface area contributed by atoms with Crippen molar-refractivity contribution in [3.63, 3.8) is 0 Å². The summed E-state index contributed by atoms with van der Waals surface area (Å²) in [4.78, 5) is 4.53. The van der Waals surface area contributed by atoms with Gasteiger partial charge >= 0.3 is 0 Å². The molecule has 1 heterocycles. The molecular formula is C18H35N5O2. The summed E-state index contributed by atoms with van der Waals surface area (Å²) in [5.41, 5.74) is -0.298. The molecule has 1 aromatic rings. The van der Waals surface area contributed by atoms with Crippen molar-refractivity contribution in [3.8, 4) is 0 Å². The highest BCUT2D eigenvalue weighted by atomic mass is 16.5. The largest absolute Gasteiger partial charge is 0.383 e. The summed E-state index contributed by atoms with van der Waals surface area (Å²) in [6.07, 6.45) is 4.63. The van der Waals surface area contributed by atoms with Gasteiger partial charge in [0.25, 0.3) is 0 Å². The Morgan fingerprint density at radius 1 is 1.40 bits per heavy atom. The third kappa shape index (κ3) is 7.44. The second-order valence-corrected chi connectivity index (χ2v) is 6.82. The lowest BCUT2D eigenvalue weighted by molar-refractivity contribution is 0.0258. The minimum Gasteiger partial charge on any atom is -0.383 e. The smallest absolute Gasteiger partial charge is 0.191 e. The fraction of sp³-hybridized carbons (Fsp3) is 0.778. The van der Waals surface area contributed by atoms with Crippen molar-refractivity contribution in [1.29, 1.82) is 0 Å². The minimum absolute atomic E-state index is 0.235. The highest BCUT2D eigenvalue weighted by molar-refractivity contribution is 5.79. The lowest BCUT2D eigenvalue weighted by atomic mass is 10.0. The summed E-state index contributed by atoms with van der Waals surface area (Å²) in [7, 11) is 1.83. The number of aliphatic imine (C=N–C) groups is 1. The molecule has 3 N–H and O–H groups in total. The monoisotopic (exact) mass is 353 g/mol. The molecule has 0 saturated carbocycles. The predicted octanol–water partition coefficient (Wildman–Crippen LogP) is 1.63. The molecule has 0 saturated heterocycles. The van der Waals surface area contributed by atoms with Crippen LogP contribution in [0.1, 0.15) is 46.6 Å². The summed E-state index contributed by atoms with van der Waals surface area (Å²) in [5, 5.41) is 21.3. The van der Waals surface area contributed by atoms with Gasteiger partial charge in [-0.2, -0.15) is 5.10 Å². The number of guanidine groups is 1. The van der Waals surface area contributed by atoms with E-state index in [0.717, 1.165) is 31.7 Å². The van der Waals surface area contributed by atoms with Crippen molar-refractivity contribution in [1.82, 2.24) is 20.4 Å². The van der Waals surface area contributed by atoms with Crippen LogP contribution in [-0.4, -0.2) is 53.2 Å². The number of nitrogens with one attached hydrogen (secondary N) is 2. The summed E-state index contributed by atoms with van der Waals surface area (Å²) in [5.74, 6) is 1.18. The van der Waals surface area contributed by atoms with Crippen molar-refractivity contribution in [3.05, 3.63) is 18.0 Å². The van der Waals surface area contributed by atoms with Gasteiger partial charge < -0.3 is 20.5 Å². The standard InChI is InChI=1S/C18H35N5O2/c1-7-19-17(20-10-9-16(14(3)4)25-8-2)21-13-18(5,24)15-11-22-23(6)12-15/h11-12,14,16,24H,7-10,13H2,1-6H3,(H2,19,20,21). The van der Waals surface area contributed by atoms with E-state index >= 15 is 0 Å². The number of nitrogens with zero attached hydrogens (tertiary/aromatic N) is 3. The van der Waals surface area contributed by atoms with Crippen LogP contribution in [-0.2, 0) is 17.4 Å². The molecule has 144 valence electrons. The van der Waals surface area contributed by atoms with E-state index in [-0.39, 0.29) is 12.6 Å². The zero-order valence-corrected chi connectivity index (χ0v) is 16.5. The molecule has 1 rings (SSSR count). The SMILES string of the molecule is CCNC(=NCC(C)(O)c1cnn(C)c1)NCCC(OCC)C(C)C. The zero-order chi connectivity index (χ0) is 18.9. The number of hydrogen-bond acceptors (Lipinski definition) is 4. The lowest BCUT2D eigenvalue weighted by Crippen LogP contribution is -2.40. The van der Waals surface area contributed by atoms with E-state index in [9.17, 15) is 5.11 Å². The van der Waals surface area contributed by atoms with Gasteiger partial charge in [-0.15, -0.1) is 0 Å². The van der Waals surface area contributed by atoms with Crippen LogP contribution in [0.5, 0.6) is 0 Å². The van der Waals surface area contributed by atoms with Gasteiger partial charge in [0, 0.05) is 38.5 Å². The Morgan fingerprint density at radius 3 is 2.64 bits per heavy atom. The third-order valence-electron chi connectivity index (χ3n) is 4.06. The van der Waals surface area contributed by atoms with Gasteiger partial charge in [0.05, 0.1) is 18.8 Å². The first-order valence-corrected chi connectivity index (χ1v) is 9.15. The van der Waals surface area contributed by atoms with E-state index in [0.29, 0.717) is 11.9 Å². The van der Waals surface area contributed by atoms with Crippen molar-refractivity contribution in [2.75, 3.05) is 26.2 Å². The van der Waals surface area contributed by atoms with Crippen LogP contribution in [0.4, 0.5) is 0 Å². The van der Waals surface area contributed by atoms with Crippen LogP contribution in [0.3, 0.4) is 0 Å². The summed E-state index contributed by atoms with van der Waals surface area (Å²) in [6.45, 7) is 12.7. The fourth-order valence-electron chi connectivity index (χ4n) is 2.52. The molecule has 1 aromatic heterocycles. The maximum atomic E-state index is 10.6. The fourth-order valence-corrected chi connectivity index (χ4v) is 2.52. The van der Waals surface area contributed by atoms with Crippen molar-refractivity contribution in [2.24, 2.45) is 18.0 Å². The third-order valence-corrected chi connectivity index (χ3v) is 4.06. The Hall–Kier alpha value is -1.60. The van der Waals surface area contributed by atoms with Crippen LogP contribution in [0.25, 0.3) is 0 Å². The quantitative estimate of drug-likeness (QED) is 0.440. The van der Waals surface area contributed by atoms with Gasteiger partial charge in [-0.1, -0.05) is 13.8 Å². The van der Waals surface area contributed by atoms with Gasteiger partial charge in [-0.05, 0) is 33.1 Å². The molecule has 0 amide bonds. The van der Waals surface area contributed by atoms with Crippen LogP contribution in [0, 0.1) is 5.92 Å². The molecule has 0 aromatic carbocycles. The molecule has 0 radical (unpaired) electrons. The molecule has 2 unspecified atom stereocenters. The first kappa shape index (κ1) is 21.4. The summed E-state index contributed by atoms with van der Waals surface area (Å²) in [6, 6.07) is 0. The first-order valence-electron chi connectivity index (χ1n) is 9.15. The average molecular weight is 354 g/mol. The molecule has 0 aliphatic heterocycles. The normalized spacial score (nSPS) is 15.9. The lowest BCUT2D eigenvalue weighted by Gasteiger charge is -2.22. The number of ether oxygens (including phenoxy) is 1. The summed E-state index contributed by atoms with van der Waals surface area (Å²) >= 11 is 0. The van der Waals surface area contributed by atoms with E-state index in [2.05, 4.69) is 34.6 Å². The van der Waals surface area contributed by atoms with E-state index in [1.165, 1.54) is 0 Å². The second kappa shape index (κ2) is 10.4. The summed E-state index contributed by atoms with van der Waals surface area (Å²) < 4.78 is 7.45. The number of aliphatic hydroxyl groups is 1. The Bertz CT molecular complexity index is 525. The van der Waals surface area contributed by atoms with Crippen LogP contribution in [0.15, 0.2) is 17.4 Å². The van der Waals surface area contributed by atoms with E-state index in [4.69, 9.17) is 4.74 Å². The Kier molecular flexibility index (Phi) is 8.92. The van der Waals surface area contributed by atoms with Crippen LogP contribution in [0.2, 0.25) is 0 Å². The van der Waals surface area contributed by atoms with Gasteiger partial charge in [-0.25, -0.2) is 4.99 Å². The van der Waals surface area contributed by atoms with Crippen molar-refractivity contribution in [2.45, 2.75) is 52.7 Å². The van der Waals surface area contributed by atoms with Crippen LogP contribution < -0.4 is 10.6 Å². The molecule has 0 aliphatic carbocycles. The maximum absolute atomic E-state index is 10.6. The van der Waals surface area contributed by atoms with Gasteiger partial charge in [0.2, 0.25) is 0 Å². The molecule has 7 heteroatoms. The number of rotatable bonds is 10. The number of aryl methyl sites for hydroxylation is 1. The number of aromatic nitrogens is 2. The molecule has 2 atom stereocenters. The Labute approximate surface area is 151 Å². The minimum atomic E-state index is -1.05. The molecular weight excluding hydrogens is 318 g/mol. The van der Waals surface area contributed by atoms with E-state index in [1.807, 2.05) is 27.1 Å². The molecule has 0 spiro atoms. The maximum Gasteiger partial charge on any atom is 0.191 e. The topological polar surface area (TPSA) is 83.7 Å². The molecule has 25 heavy (non-hydrogen) atoms. The molecule has 0 aliphatic rings. The highest BCUT2D eigenvalue weighted by Crippen LogP contribution is 2.19. The predicted molar refractivity (Wildman–Crippen MR) is 102 cm³/mol. The average Bonchev–Trinajstić information content (AvgIpc) is 2.99. The van der Waals surface area contributed by atoms with Crippen molar-refractivity contribution < 1.29 is 9.84 Å². The number of hydrogen-bond donors (Lipinski definition) is 3.